The van der Waals surface area contributed by atoms with Gasteiger partial charge in [-0.05, 0) is 38.3 Å². The molecule has 0 amide bonds. The van der Waals surface area contributed by atoms with E-state index in [1.165, 1.54) is 25.0 Å². The fourth-order valence-corrected chi connectivity index (χ4v) is 2.50. The summed E-state index contributed by atoms with van der Waals surface area (Å²) in [6.07, 6.45) is 5.72. The van der Waals surface area contributed by atoms with E-state index in [2.05, 4.69) is 42.1 Å². The highest BCUT2D eigenvalue weighted by Gasteiger charge is 2.28. The molecule has 1 aliphatic rings. The second kappa shape index (κ2) is 5.69. The van der Waals surface area contributed by atoms with Crippen LogP contribution < -0.4 is 5.32 Å². The monoisotopic (exact) mass is 236 g/mol. The molecule has 0 bridgehead atoms. The summed E-state index contributed by atoms with van der Waals surface area (Å²) in [6.45, 7) is 8.33. The molecule has 1 unspecified atom stereocenters. The third kappa shape index (κ3) is 3.33. The summed E-state index contributed by atoms with van der Waals surface area (Å²) < 4.78 is 8.09. The zero-order valence-corrected chi connectivity index (χ0v) is 11.0. The van der Waals surface area contributed by atoms with Gasteiger partial charge in [0.15, 0.2) is 0 Å². The van der Waals surface area contributed by atoms with Crippen LogP contribution in [0.4, 0.5) is 0 Å². The second-order valence-corrected chi connectivity index (χ2v) is 5.20. The van der Waals surface area contributed by atoms with Gasteiger partial charge in [-0.3, -0.25) is 0 Å². The van der Waals surface area contributed by atoms with Crippen molar-refractivity contribution in [2.24, 2.45) is 0 Å². The zero-order chi connectivity index (χ0) is 12.1. The van der Waals surface area contributed by atoms with Gasteiger partial charge in [-0.2, -0.15) is 0 Å². The van der Waals surface area contributed by atoms with Crippen LogP contribution in [-0.4, -0.2) is 23.3 Å². The van der Waals surface area contributed by atoms with E-state index in [-0.39, 0.29) is 5.60 Å². The van der Waals surface area contributed by atoms with Crippen LogP contribution in [-0.2, 0) is 17.8 Å². The van der Waals surface area contributed by atoms with E-state index in [9.17, 15) is 0 Å². The minimum Gasteiger partial charge on any atom is -0.374 e. The molecule has 0 saturated carbocycles. The molecule has 1 atom stereocenters. The van der Waals surface area contributed by atoms with Crippen LogP contribution in [0.5, 0.6) is 0 Å². The molecule has 1 N–H and O–H groups in total. The minimum absolute atomic E-state index is 0.0577. The van der Waals surface area contributed by atoms with Gasteiger partial charge in [0.05, 0.1) is 5.60 Å². The Labute approximate surface area is 104 Å². The highest BCUT2D eigenvalue weighted by atomic mass is 16.5. The van der Waals surface area contributed by atoms with E-state index in [0.717, 1.165) is 26.2 Å². The average molecular weight is 236 g/mol. The summed E-state index contributed by atoms with van der Waals surface area (Å²) >= 11 is 0. The Bertz CT molecular complexity index is 340. The van der Waals surface area contributed by atoms with Crippen LogP contribution >= 0.6 is 0 Å². The summed E-state index contributed by atoms with van der Waals surface area (Å²) in [6, 6.07) is 4.32. The molecule has 1 aromatic rings. The molecular formula is C14H24N2O. The Balaban J connectivity index is 1.79. The lowest BCUT2D eigenvalue weighted by Crippen LogP contribution is -2.37. The van der Waals surface area contributed by atoms with E-state index in [1.54, 1.807) is 0 Å². The molecule has 96 valence electrons. The fourth-order valence-electron chi connectivity index (χ4n) is 2.50. The van der Waals surface area contributed by atoms with Crippen molar-refractivity contribution in [1.82, 2.24) is 9.88 Å². The van der Waals surface area contributed by atoms with Crippen LogP contribution in [0.25, 0.3) is 0 Å². The largest absolute Gasteiger partial charge is 0.374 e. The van der Waals surface area contributed by atoms with E-state index in [0.29, 0.717) is 0 Å². The maximum atomic E-state index is 5.77. The van der Waals surface area contributed by atoms with E-state index >= 15 is 0 Å². The molecule has 1 aliphatic heterocycles. The molecule has 1 saturated heterocycles. The number of hydrogen-bond acceptors (Lipinski definition) is 2. The Hall–Kier alpha value is -0.800. The molecule has 2 rings (SSSR count). The smallest absolute Gasteiger partial charge is 0.0779 e. The second-order valence-electron chi connectivity index (χ2n) is 5.20. The standard InChI is InChI=1S/C14H24N2O/c1-3-8-16-9-4-6-13(16)11-15-12-14(2)7-5-10-17-14/h4,6,9,15H,3,5,7-8,10-12H2,1-2H3. The highest BCUT2D eigenvalue weighted by Crippen LogP contribution is 2.23. The minimum atomic E-state index is 0.0577. The first-order valence-electron chi connectivity index (χ1n) is 6.72. The van der Waals surface area contributed by atoms with Crippen LogP contribution in [0.15, 0.2) is 18.3 Å². The summed E-state index contributed by atoms with van der Waals surface area (Å²) in [5, 5.41) is 3.52. The number of aryl methyl sites for hydroxylation is 1. The molecule has 3 nitrogen and oxygen atoms in total. The molecule has 17 heavy (non-hydrogen) atoms. The van der Waals surface area contributed by atoms with Crippen LogP contribution in [0, 0.1) is 0 Å². The lowest BCUT2D eigenvalue weighted by molar-refractivity contribution is 0.0206. The Morgan fingerprint density at radius 2 is 2.41 bits per heavy atom. The predicted molar refractivity (Wildman–Crippen MR) is 70.0 cm³/mol. The van der Waals surface area contributed by atoms with Gasteiger partial charge >= 0.3 is 0 Å². The van der Waals surface area contributed by atoms with Gasteiger partial charge in [-0.1, -0.05) is 6.92 Å². The number of ether oxygens (including phenoxy) is 1. The van der Waals surface area contributed by atoms with Crippen molar-refractivity contribution in [2.45, 2.75) is 51.8 Å². The van der Waals surface area contributed by atoms with Crippen LogP contribution in [0.1, 0.15) is 38.8 Å². The third-order valence-corrected chi connectivity index (χ3v) is 3.49. The topological polar surface area (TPSA) is 26.2 Å². The molecular weight excluding hydrogens is 212 g/mol. The number of aromatic nitrogens is 1. The van der Waals surface area contributed by atoms with Crippen molar-refractivity contribution in [3.63, 3.8) is 0 Å². The molecule has 1 aromatic heterocycles. The zero-order valence-electron chi connectivity index (χ0n) is 11.0. The van der Waals surface area contributed by atoms with Crippen molar-refractivity contribution < 1.29 is 4.74 Å². The van der Waals surface area contributed by atoms with Gasteiger partial charge in [0.2, 0.25) is 0 Å². The Morgan fingerprint density at radius 3 is 3.12 bits per heavy atom. The van der Waals surface area contributed by atoms with Crippen molar-refractivity contribution in [3.05, 3.63) is 24.0 Å². The number of nitrogens with one attached hydrogen (secondary N) is 1. The van der Waals surface area contributed by atoms with Gasteiger partial charge in [-0.15, -0.1) is 0 Å². The molecule has 1 fully saturated rings. The van der Waals surface area contributed by atoms with Crippen LogP contribution in [0.3, 0.4) is 0 Å². The first kappa shape index (κ1) is 12.7. The highest BCUT2D eigenvalue weighted by molar-refractivity contribution is 5.07. The number of hydrogen-bond donors (Lipinski definition) is 1. The Kier molecular flexibility index (Phi) is 4.24. The fraction of sp³-hybridized carbons (Fsp3) is 0.714. The molecule has 0 aliphatic carbocycles. The maximum absolute atomic E-state index is 5.77. The van der Waals surface area contributed by atoms with Gasteiger partial charge in [-0.25, -0.2) is 0 Å². The summed E-state index contributed by atoms with van der Waals surface area (Å²) in [4.78, 5) is 0. The van der Waals surface area contributed by atoms with Gasteiger partial charge < -0.3 is 14.6 Å². The summed E-state index contributed by atoms with van der Waals surface area (Å²) in [5.74, 6) is 0. The first-order valence-corrected chi connectivity index (χ1v) is 6.72. The van der Waals surface area contributed by atoms with Gasteiger partial charge in [0, 0.05) is 38.1 Å². The molecule has 0 spiro atoms. The lowest BCUT2D eigenvalue weighted by atomic mass is 10.0. The molecule has 0 aromatic carbocycles. The van der Waals surface area contributed by atoms with E-state index in [4.69, 9.17) is 4.74 Å². The van der Waals surface area contributed by atoms with Crippen LogP contribution in [0.2, 0.25) is 0 Å². The maximum Gasteiger partial charge on any atom is 0.0779 e. The number of nitrogens with zero attached hydrogens (tertiary/aromatic N) is 1. The number of rotatable bonds is 6. The quantitative estimate of drug-likeness (QED) is 0.821. The van der Waals surface area contributed by atoms with Gasteiger partial charge in [0.25, 0.3) is 0 Å². The predicted octanol–water partition coefficient (Wildman–Crippen LogP) is 2.56. The van der Waals surface area contributed by atoms with Gasteiger partial charge in [0.1, 0.15) is 0 Å². The normalized spacial score (nSPS) is 24.4. The van der Waals surface area contributed by atoms with Crippen molar-refractivity contribution >= 4 is 0 Å². The SMILES string of the molecule is CCCn1cccc1CNCC1(C)CCCO1. The van der Waals surface area contributed by atoms with E-state index < -0.39 is 0 Å². The Morgan fingerprint density at radius 1 is 1.53 bits per heavy atom. The third-order valence-electron chi connectivity index (χ3n) is 3.49. The van der Waals surface area contributed by atoms with E-state index in [1.807, 2.05) is 0 Å². The first-order chi connectivity index (χ1) is 8.23. The molecule has 2 heterocycles. The summed E-state index contributed by atoms with van der Waals surface area (Å²) in [7, 11) is 0. The average Bonchev–Trinajstić information content (AvgIpc) is 2.90. The van der Waals surface area contributed by atoms with Crippen molar-refractivity contribution in [3.8, 4) is 0 Å². The summed E-state index contributed by atoms with van der Waals surface area (Å²) in [5.41, 5.74) is 1.43. The lowest BCUT2D eigenvalue weighted by Gasteiger charge is -2.23. The molecule has 3 heteroatoms. The molecule has 0 radical (unpaired) electrons. The van der Waals surface area contributed by atoms with Crippen molar-refractivity contribution in [1.29, 1.82) is 0 Å². The van der Waals surface area contributed by atoms with Crippen molar-refractivity contribution in [2.75, 3.05) is 13.2 Å².